The van der Waals surface area contributed by atoms with Crippen LogP contribution >= 0.6 is 22.7 Å². The van der Waals surface area contributed by atoms with Gasteiger partial charge in [0.05, 0.1) is 19.3 Å². The van der Waals surface area contributed by atoms with Crippen LogP contribution < -0.4 is 0 Å². The zero-order valence-corrected chi connectivity index (χ0v) is 16.5. The van der Waals surface area contributed by atoms with Crippen LogP contribution in [0.4, 0.5) is 0 Å². The normalized spacial score (nSPS) is 17.0. The minimum Gasteiger partial charge on any atom is -0.391 e. The van der Waals surface area contributed by atoms with Crippen LogP contribution in [0.15, 0.2) is 39.2 Å². The van der Waals surface area contributed by atoms with E-state index in [4.69, 9.17) is 4.74 Å². The van der Waals surface area contributed by atoms with Gasteiger partial charge in [-0.15, -0.1) is 0 Å². The summed E-state index contributed by atoms with van der Waals surface area (Å²) in [6.07, 6.45) is 2.68. The maximum atomic E-state index is 9.53. The van der Waals surface area contributed by atoms with Crippen LogP contribution in [0.25, 0.3) is 5.57 Å². The first-order chi connectivity index (χ1) is 12.3. The zero-order valence-electron chi connectivity index (χ0n) is 14.8. The quantitative estimate of drug-likeness (QED) is 0.688. The van der Waals surface area contributed by atoms with Crippen molar-refractivity contribution in [3.63, 3.8) is 0 Å². The molecule has 2 aromatic rings. The highest BCUT2D eigenvalue weighted by atomic mass is 32.1. The molecule has 1 aliphatic heterocycles. The fourth-order valence-electron chi connectivity index (χ4n) is 3.22. The Morgan fingerprint density at radius 2 is 1.80 bits per heavy atom. The molecule has 5 heteroatoms. The van der Waals surface area contributed by atoms with Crippen molar-refractivity contribution in [3.8, 4) is 0 Å². The second kappa shape index (κ2) is 9.64. The molecule has 1 unspecified atom stereocenters. The second-order valence-corrected chi connectivity index (χ2v) is 8.04. The summed E-state index contributed by atoms with van der Waals surface area (Å²) < 4.78 is 5.58. The Balaban J connectivity index is 1.57. The fraction of sp³-hybridized carbons (Fsp3) is 0.500. The number of nitrogens with zero attached hydrogens (tertiary/aromatic N) is 1. The van der Waals surface area contributed by atoms with Crippen molar-refractivity contribution < 1.29 is 9.84 Å². The van der Waals surface area contributed by atoms with Crippen LogP contribution in [0.2, 0.25) is 0 Å². The Hall–Kier alpha value is -0.980. The van der Waals surface area contributed by atoms with Crippen LogP contribution in [-0.2, 0) is 4.74 Å². The summed E-state index contributed by atoms with van der Waals surface area (Å²) >= 11 is 3.54. The monoisotopic (exact) mass is 377 g/mol. The molecule has 0 amide bonds. The molecule has 0 radical (unpaired) electrons. The number of likely N-dealkylation sites (tertiary alicyclic amines) is 1. The number of thiophene rings is 2. The summed E-state index contributed by atoms with van der Waals surface area (Å²) in [5, 5.41) is 18.4. The molecule has 1 fully saturated rings. The Bertz CT molecular complexity index is 603. The van der Waals surface area contributed by atoms with E-state index in [0.717, 1.165) is 38.9 Å². The molecule has 0 bridgehead atoms. The highest BCUT2D eigenvalue weighted by molar-refractivity contribution is 7.08. The summed E-state index contributed by atoms with van der Waals surface area (Å²) in [7, 11) is 0. The van der Waals surface area contributed by atoms with Gasteiger partial charge in [-0.3, -0.25) is 0 Å². The SMILES string of the molecule is CCC(O)COCCN1CCC(=C(c2ccsc2)c2ccsc2)CC1. The number of rotatable bonds is 8. The summed E-state index contributed by atoms with van der Waals surface area (Å²) in [4.78, 5) is 2.47. The third-order valence-electron chi connectivity index (χ3n) is 4.77. The molecule has 0 saturated carbocycles. The Morgan fingerprint density at radius 3 is 2.32 bits per heavy atom. The molecular formula is C20H27NO2S2. The fourth-order valence-corrected chi connectivity index (χ4v) is 4.51. The second-order valence-electron chi connectivity index (χ2n) is 6.48. The van der Waals surface area contributed by atoms with E-state index in [9.17, 15) is 5.11 Å². The number of aliphatic hydroxyl groups excluding tert-OH is 1. The van der Waals surface area contributed by atoms with Crippen molar-refractivity contribution in [2.45, 2.75) is 32.3 Å². The van der Waals surface area contributed by atoms with Crippen LogP contribution in [-0.4, -0.2) is 49.0 Å². The average Bonchev–Trinajstić information content (AvgIpc) is 3.34. The minimum absolute atomic E-state index is 0.324. The molecule has 3 rings (SSSR count). The van der Waals surface area contributed by atoms with Crippen LogP contribution in [0.1, 0.15) is 37.3 Å². The van der Waals surface area contributed by atoms with Crippen molar-refractivity contribution in [1.82, 2.24) is 4.90 Å². The van der Waals surface area contributed by atoms with Gasteiger partial charge in [0.1, 0.15) is 0 Å². The number of aliphatic hydroxyl groups is 1. The van der Waals surface area contributed by atoms with Gasteiger partial charge in [-0.05, 0) is 69.6 Å². The highest BCUT2D eigenvalue weighted by Gasteiger charge is 2.19. The molecule has 1 aliphatic rings. The van der Waals surface area contributed by atoms with E-state index >= 15 is 0 Å². The average molecular weight is 378 g/mol. The molecule has 0 aromatic carbocycles. The predicted octanol–water partition coefficient (Wildman–Crippen LogP) is 4.49. The molecular weight excluding hydrogens is 350 g/mol. The van der Waals surface area contributed by atoms with Crippen molar-refractivity contribution >= 4 is 28.2 Å². The molecule has 1 atom stereocenters. The van der Waals surface area contributed by atoms with E-state index < -0.39 is 0 Å². The lowest BCUT2D eigenvalue weighted by molar-refractivity contribution is 0.0250. The largest absolute Gasteiger partial charge is 0.391 e. The molecule has 136 valence electrons. The first-order valence-electron chi connectivity index (χ1n) is 9.03. The Morgan fingerprint density at radius 1 is 1.16 bits per heavy atom. The van der Waals surface area contributed by atoms with Crippen molar-refractivity contribution in [3.05, 3.63) is 50.4 Å². The van der Waals surface area contributed by atoms with Crippen LogP contribution in [0.5, 0.6) is 0 Å². The number of ether oxygens (including phenoxy) is 1. The van der Waals surface area contributed by atoms with Gasteiger partial charge in [0.15, 0.2) is 0 Å². The van der Waals surface area contributed by atoms with Gasteiger partial charge in [0, 0.05) is 19.6 Å². The molecule has 0 spiro atoms. The maximum Gasteiger partial charge on any atom is 0.0771 e. The van der Waals surface area contributed by atoms with Gasteiger partial charge in [0.2, 0.25) is 0 Å². The summed E-state index contributed by atoms with van der Waals surface area (Å²) in [5.74, 6) is 0. The lowest BCUT2D eigenvalue weighted by Gasteiger charge is -2.29. The predicted molar refractivity (Wildman–Crippen MR) is 107 cm³/mol. The smallest absolute Gasteiger partial charge is 0.0771 e. The van der Waals surface area contributed by atoms with Gasteiger partial charge in [-0.25, -0.2) is 0 Å². The van der Waals surface area contributed by atoms with E-state index in [1.54, 1.807) is 28.2 Å². The van der Waals surface area contributed by atoms with E-state index in [2.05, 4.69) is 38.6 Å². The van der Waals surface area contributed by atoms with Gasteiger partial charge in [-0.2, -0.15) is 22.7 Å². The summed E-state index contributed by atoms with van der Waals surface area (Å²) in [5.41, 5.74) is 5.76. The number of hydrogen-bond donors (Lipinski definition) is 1. The lowest BCUT2D eigenvalue weighted by Crippen LogP contribution is -2.34. The summed E-state index contributed by atoms with van der Waals surface area (Å²) in [6, 6.07) is 4.48. The topological polar surface area (TPSA) is 32.7 Å². The van der Waals surface area contributed by atoms with Gasteiger partial charge >= 0.3 is 0 Å². The number of piperidine rings is 1. The number of hydrogen-bond acceptors (Lipinski definition) is 5. The van der Waals surface area contributed by atoms with Gasteiger partial charge in [-0.1, -0.05) is 12.5 Å². The van der Waals surface area contributed by atoms with Gasteiger partial charge in [0.25, 0.3) is 0 Å². The highest BCUT2D eigenvalue weighted by Crippen LogP contribution is 2.34. The zero-order chi connectivity index (χ0) is 17.5. The van der Waals surface area contributed by atoms with E-state index in [1.165, 1.54) is 16.7 Å². The third kappa shape index (κ3) is 5.25. The first-order valence-corrected chi connectivity index (χ1v) is 10.9. The van der Waals surface area contributed by atoms with E-state index in [1.807, 2.05) is 6.92 Å². The molecule has 1 N–H and O–H groups in total. The molecule has 3 nitrogen and oxygen atoms in total. The summed E-state index contributed by atoms with van der Waals surface area (Å²) in [6.45, 7) is 6.27. The van der Waals surface area contributed by atoms with Crippen molar-refractivity contribution in [2.75, 3.05) is 32.8 Å². The molecule has 0 aliphatic carbocycles. The van der Waals surface area contributed by atoms with E-state index in [0.29, 0.717) is 13.2 Å². The van der Waals surface area contributed by atoms with Crippen LogP contribution in [0, 0.1) is 0 Å². The molecule has 25 heavy (non-hydrogen) atoms. The molecule has 1 saturated heterocycles. The molecule has 3 heterocycles. The van der Waals surface area contributed by atoms with E-state index in [-0.39, 0.29) is 6.10 Å². The van der Waals surface area contributed by atoms with Crippen molar-refractivity contribution in [1.29, 1.82) is 0 Å². The maximum absolute atomic E-state index is 9.53. The van der Waals surface area contributed by atoms with Crippen LogP contribution in [0.3, 0.4) is 0 Å². The van der Waals surface area contributed by atoms with Gasteiger partial charge < -0.3 is 14.7 Å². The van der Waals surface area contributed by atoms with Crippen molar-refractivity contribution in [2.24, 2.45) is 0 Å². The molecule has 2 aromatic heterocycles. The third-order valence-corrected chi connectivity index (χ3v) is 6.13. The standard InChI is InChI=1S/C20H27NO2S2/c1-2-19(22)13-23-10-9-21-7-3-16(4-8-21)20(17-5-11-24-14-17)18-6-12-25-15-18/h5-6,11-12,14-15,19,22H,2-4,7-10,13H2,1H3. The minimum atomic E-state index is -0.324. The first kappa shape index (κ1) is 18.8. The Labute approximate surface area is 158 Å². The lowest BCUT2D eigenvalue weighted by atomic mass is 9.91. The Kier molecular flexibility index (Phi) is 7.25.